The van der Waals surface area contributed by atoms with Crippen molar-refractivity contribution in [3.05, 3.63) is 0 Å². The maximum atomic E-state index is 5.23. The first-order chi connectivity index (χ1) is 24.2. The zero-order valence-corrected chi connectivity index (χ0v) is 38.7. The Hall–Kier alpha value is -0.160. The van der Waals surface area contributed by atoms with Crippen LogP contribution in [0.15, 0.2) is 0 Å². The standard InChI is InChI=1S/C11H25N.C9H19N.C9H18.C7H16.C6H15N.C5H13N/c1-4-5-9-12-10-7-6-8-11(2)3;1-8(2)7-9-3-5-10-6-4-9;1-8(2)7-9-5-3-4-6-9;1-4-5-6-7(2)3;1-6(2)4-5-7-3;1-5(2)3-4-6/h11-12H,4-10H2,1-3H3;8-10H,3-7H2,1-2H3;8-9H,3-7H2,1-2H3;7H,4-6H2,1-3H3;6-7H,4-5H2,1-3H3;5H,3-4,6H2,1-2H3. The lowest BCUT2D eigenvalue weighted by atomic mass is 9.89. The number of piperidine rings is 1. The van der Waals surface area contributed by atoms with Crippen LogP contribution in [0.1, 0.15) is 213 Å². The van der Waals surface area contributed by atoms with Crippen LogP contribution in [-0.4, -0.2) is 46.3 Å². The van der Waals surface area contributed by atoms with E-state index in [1.165, 1.54) is 135 Å². The molecule has 1 aliphatic heterocycles. The Morgan fingerprint density at radius 3 is 1.27 bits per heavy atom. The van der Waals surface area contributed by atoms with Crippen molar-refractivity contribution in [2.24, 2.45) is 53.1 Å². The van der Waals surface area contributed by atoms with Gasteiger partial charge in [0.1, 0.15) is 0 Å². The molecule has 0 spiro atoms. The van der Waals surface area contributed by atoms with Crippen LogP contribution in [0.4, 0.5) is 0 Å². The average Bonchev–Trinajstić information content (AvgIpc) is 3.56. The second-order valence-electron chi connectivity index (χ2n) is 18.4. The Morgan fingerprint density at radius 1 is 0.510 bits per heavy atom. The summed E-state index contributed by atoms with van der Waals surface area (Å²) >= 11 is 0. The lowest BCUT2D eigenvalue weighted by Crippen LogP contribution is -2.28. The van der Waals surface area contributed by atoms with E-state index in [9.17, 15) is 0 Å². The van der Waals surface area contributed by atoms with Crippen molar-refractivity contribution in [1.82, 2.24) is 16.0 Å². The van der Waals surface area contributed by atoms with Crippen LogP contribution in [0.5, 0.6) is 0 Å². The molecule has 1 heterocycles. The molecule has 1 saturated heterocycles. The van der Waals surface area contributed by atoms with Crippen LogP contribution in [0.2, 0.25) is 0 Å². The molecule has 0 bridgehead atoms. The quantitative estimate of drug-likeness (QED) is 0.0943. The zero-order chi connectivity index (χ0) is 39.7. The van der Waals surface area contributed by atoms with Gasteiger partial charge in [-0.1, -0.05) is 161 Å². The monoisotopic (exact) mass is 727 g/mol. The number of nitrogens with one attached hydrogen (secondary N) is 3. The summed E-state index contributed by atoms with van der Waals surface area (Å²) in [6.45, 7) is 38.6. The molecule has 5 N–H and O–H groups in total. The topological polar surface area (TPSA) is 62.1 Å². The van der Waals surface area contributed by atoms with Crippen LogP contribution >= 0.6 is 0 Å². The molecule has 314 valence electrons. The molecule has 1 saturated carbocycles. The first-order valence-electron chi connectivity index (χ1n) is 22.9. The minimum Gasteiger partial charge on any atom is -0.330 e. The summed E-state index contributed by atoms with van der Waals surface area (Å²) in [4.78, 5) is 0. The Balaban J connectivity index is -0.000000264. The molecule has 51 heavy (non-hydrogen) atoms. The summed E-state index contributed by atoms with van der Waals surface area (Å²) in [6, 6.07) is 0. The van der Waals surface area contributed by atoms with E-state index in [1.807, 2.05) is 7.05 Å². The highest BCUT2D eigenvalue weighted by Crippen LogP contribution is 2.29. The molecular weight excluding hydrogens is 621 g/mol. The fourth-order valence-electron chi connectivity index (χ4n) is 6.30. The van der Waals surface area contributed by atoms with Gasteiger partial charge in [-0.2, -0.15) is 0 Å². The number of unbranched alkanes of at least 4 members (excludes halogenated alkanes) is 3. The van der Waals surface area contributed by atoms with Crippen molar-refractivity contribution in [3.8, 4) is 0 Å². The van der Waals surface area contributed by atoms with Gasteiger partial charge in [-0.25, -0.2) is 0 Å². The Morgan fingerprint density at radius 2 is 0.941 bits per heavy atom. The van der Waals surface area contributed by atoms with E-state index in [0.29, 0.717) is 0 Å². The van der Waals surface area contributed by atoms with Crippen molar-refractivity contribution >= 4 is 0 Å². The maximum absolute atomic E-state index is 5.23. The summed E-state index contributed by atoms with van der Waals surface area (Å²) in [5, 5.41) is 9.95. The first kappa shape index (κ1) is 57.6. The summed E-state index contributed by atoms with van der Waals surface area (Å²) in [7, 11) is 1.99. The summed E-state index contributed by atoms with van der Waals surface area (Å²) in [5.74, 6) is 7.31. The van der Waals surface area contributed by atoms with Gasteiger partial charge >= 0.3 is 0 Å². The van der Waals surface area contributed by atoms with Gasteiger partial charge < -0.3 is 21.7 Å². The highest BCUT2D eigenvalue weighted by atomic mass is 14.9. The lowest BCUT2D eigenvalue weighted by molar-refractivity contribution is 0.318. The third kappa shape index (κ3) is 62.2. The lowest BCUT2D eigenvalue weighted by Gasteiger charge is -2.23. The molecule has 4 heteroatoms. The first-order valence-corrected chi connectivity index (χ1v) is 22.9. The van der Waals surface area contributed by atoms with Gasteiger partial charge in [0.15, 0.2) is 0 Å². The highest BCUT2D eigenvalue weighted by molar-refractivity contribution is 4.69. The van der Waals surface area contributed by atoms with E-state index < -0.39 is 0 Å². The van der Waals surface area contributed by atoms with E-state index >= 15 is 0 Å². The third-order valence-corrected chi connectivity index (χ3v) is 9.49. The molecule has 0 aromatic rings. The van der Waals surface area contributed by atoms with Gasteiger partial charge in [0.2, 0.25) is 0 Å². The molecule has 0 aromatic heterocycles. The Bertz CT molecular complexity index is 563. The van der Waals surface area contributed by atoms with Crippen molar-refractivity contribution in [2.75, 3.05) is 46.3 Å². The van der Waals surface area contributed by atoms with Crippen molar-refractivity contribution in [1.29, 1.82) is 0 Å². The smallest absolute Gasteiger partial charge is 0.00463 e. The molecule has 0 unspecified atom stereocenters. The highest BCUT2D eigenvalue weighted by Gasteiger charge is 2.15. The van der Waals surface area contributed by atoms with Gasteiger partial charge in [-0.3, -0.25) is 0 Å². The number of hydrogen-bond donors (Lipinski definition) is 4. The van der Waals surface area contributed by atoms with Gasteiger partial charge in [0.05, 0.1) is 0 Å². The van der Waals surface area contributed by atoms with Crippen LogP contribution in [0.3, 0.4) is 0 Å². The third-order valence-electron chi connectivity index (χ3n) is 9.49. The SMILES string of the molecule is CC(C)CC1CCCC1.CC(C)CC1CCNCC1.CC(C)CCN.CCCCC(C)C.CCCCNCCCCC(C)C.CNCCC(C)C. The molecule has 0 radical (unpaired) electrons. The van der Waals surface area contributed by atoms with Crippen LogP contribution in [0, 0.1) is 47.3 Å². The fourth-order valence-corrected chi connectivity index (χ4v) is 6.30. The van der Waals surface area contributed by atoms with E-state index in [0.717, 1.165) is 66.9 Å². The molecule has 4 nitrogen and oxygen atoms in total. The summed E-state index contributed by atoms with van der Waals surface area (Å²) in [6.07, 6.45) is 25.1. The molecule has 2 aliphatic rings. The van der Waals surface area contributed by atoms with E-state index in [2.05, 4.69) is 113 Å². The van der Waals surface area contributed by atoms with Gasteiger partial charge in [-0.05, 0) is 145 Å². The van der Waals surface area contributed by atoms with Crippen molar-refractivity contribution in [3.63, 3.8) is 0 Å². The van der Waals surface area contributed by atoms with E-state index in [1.54, 1.807) is 0 Å². The van der Waals surface area contributed by atoms with Gasteiger partial charge in [0.25, 0.3) is 0 Å². The molecular formula is C47H106N4. The molecule has 1 aliphatic carbocycles. The zero-order valence-electron chi connectivity index (χ0n) is 38.7. The average molecular weight is 727 g/mol. The van der Waals surface area contributed by atoms with Crippen LogP contribution < -0.4 is 21.7 Å². The predicted molar refractivity (Wildman–Crippen MR) is 239 cm³/mol. The van der Waals surface area contributed by atoms with Crippen LogP contribution in [0.25, 0.3) is 0 Å². The minimum atomic E-state index is 0.773. The molecule has 2 rings (SSSR count). The maximum Gasteiger partial charge on any atom is -0.00463 e. The van der Waals surface area contributed by atoms with Gasteiger partial charge in [-0.15, -0.1) is 0 Å². The largest absolute Gasteiger partial charge is 0.330 e. The Labute approximate surface area is 327 Å². The number of nitrogens with two attached hydrogens (primary N) is 1. The van der Waals surface area contributed by atoms with E-state index in [-0.39, 0.29) is 0 Å². The second-order valence-corrected chi connectivity index (χ2v) is 18.4. The summed E-state index contributed by atoms with van der Waals surface area (Å²) < 4.78 is 0. The fraction of sp³-hybridized carbons (Fsp3) is 1.00. The minimum absolute atomic E-state index is 0.773. The van der Waals surface area contributed by atoms with Crippen molar-refractivity contribution in [2.45, 2.75) is 213 Å². The second kappa shape index (κ2) is 46.0. The van der Waals surface area contributed by atoms with Crippen LogP contribution in [-0.2, 0) is 0 Å². The van der Waals surface area contributed by atoms with E-state index in [4.69, 9.17) is 5.73 Å². The number of rotatable bonds is 20. The number of hydrogen-bond acceptors (Lipinski definition) is 4. The Kier molecular flexibility index (Phi) is 51.9. The normalized spacial score (nSPS) is 14.7. The molecule has 0 aromatic carbocycles. The van der Waals surface area contributed by atoms with Crippen molar-refractivity contribution < 1.29 is 0 Å². The molecule has 0 amide bonds. The van der Waals surface area contributed by atoms with Gasteiger partial charge in [0, 0.05) is 0 Å². The predicted octanol–water partition coefficient (Wildman–Crippen LogP) is 13.5. The summed E-state index contributed by atoms with van der Waals surface area (Å²) in [5.41, 5.74) is 5.23. The molecule has 2 fully saturated rings. The molecule has 0 atom stereocenters.